The molecule has 2 unspecified atom stereocenters. The van der Waals surface area contributed by atoms with Gasteiger partial charge in [0.05, 0.1) is 6.10 Å². The smallest absolute Gasteiger partial charge is 0.160 e. The molecule has 0 saturated carbocycles. The molecule has 0 aromatic carbocycles. The van der Waals surface area contributed by atoms with Gasteiger partial charge in [-0.2, -0.15) is 0 Å². The Morgan fingerprint density at radius 3 is 2.58 bits per heavy atom. The molecule has 1 aliphatic rings. The normalized spacial score (nSPS) is 43.0. The minimum atomic E-state index is 0.0127. The zero-order valence-corrected chi connectivity index (χ0v) is 8.54. The van der Waals surface area contributed by atoms with E-state index in [1.807, 2.05) is 0 Å². The number of hydrogen-bond acceptors (Lipinski definition) is 2. The SMILES string of the molecule is CCC1C[C@H](C)C(C)[C@H](OC)O1. The standard InChI is InChI=1S/C10H20O2/c1-5-9-6-7(2)8(3)10(11-4)12-9/h7-10H,5-6H2,1-4H3/t7-,8?,9?,10+/m0/s1. The van der Waals surface area contributed by atoms with Crippen LogP contribution in [0.3, 0.4) is 0 Å². The van der Waals surface area contributed by atoms with Crippen LogP contribution in [0.4, 0.5) is 0 Å². The lowest BCUT2D eigenvalue weighted by Crippen LogP contribution is -2.39. The van der Waals surface area contributed by atoms with Gasteiger partial charge in [-0.1, -0.05) is 20.8 Å². The lowest BCUT2D eigenvalue weighted by Gasteiger charge is -2.37. The van der Waals surface area contributed by atoms with Crippen molar-refractivity contribution in [2.75, 3.05) is 7.11 Å². The Labute approximate surface area is 75.2 Å². The number of ether oxygens (including phenoxy) is 2. The molecule has 0 amide bonds. The van der Waals surface area contributed by atoms with Crippen LogP contribution < -0.4 is 0 Å². The summed E-state index contributed by atoms with van der Waals surface area (Å²) < 4.78 is 11.0. The van der Waals surface area contributed by atoms with Crippen molar-refractivity contribution in [3.63, 3.8) is 0 Å². The first kappa shape index (κ1) is 10.0. The minimum Gasteiger partial charge on any atom is -0.356 e. The molecule has 72 valence electrons. The lowest BCUT2D eigenvalue weighted by molar-refractivity contribution is -0.219. The van der Waals surface area contributed by atoms with E-state index in [4.69, 9.17) is 9.47 Å². The van der Waals surface area contributed by atoms with Crippen LogP contribution in [-0.4, -0.2) is 19.5 Å². The van der Waals surface area contributed by atoms with Gasteiger partial charge in [0.2, 0.25) is 0 Å². The summed E-state index contributed by atoms with van der Waals surface area (Å²) in [7, 11) is 1.73. The van der Waals surface area contributed by atoms with Crippen molar-refractivity contribution in [2.45, 2.75) is 46.0 Å². The fourth-order valence-corrected chi connectivity index (χ4v) is 1.80. The van der Waals surface area contributed by atoms with Crippen molar-refractivity contribution < 1.29 is 9.47 Å². The van der Waals surface area contributed by atoms with Crippen molar-refractivity contribution in [2.24, 2.45) is 11.8 Å². The van der Waals surface area contributed by atoms with Gasteiger partial charge in [-0.05, 0) is 18.8 Å². The largest absolute Gasteiger partial charge is 0.356 e. The van der Waals surface area contributed by atoms with Crippen molar-refractivity contribution in [1.29, 1.82) is 0 Å². The highest BCUT2D eigenvalue weighted by Gasteiger charge is 2.32. The molecule has 0 spiro atoms. The molecule has 0 N–H and O–H groups in total. The molecule has 4 atom stereocenters. The average Bonchev–Trinajstić information content (AvgIpc) is 2.09. The maximum absolute atomic E-state index is 5.75. The molecule has 1 saturated heterocycles. The highest BCUT2D eigenvalue weighted by Crippen LogP contribution is 2.31. The second-order valence-corrected chi connectivity index (χ2v) is 3.84. The Bertz CT molecular complexity index is 136. The lowest BCUT2D eigenvalue weighted by atomic mass is 9.86. The molecule has 1 heterocycles. The summed E-state index contributed by atoms with van der Waals surface area (Å²) in [6.07, 6.45) is 2.69. The van der Waals surface area contributed by atoms with Crippen LogP contribution in [0.1, 0.15) is 33.6 Å². The van der Waals surface area contributed by atoms with Gasteiger partial charge < -0.3 is 9.47 Å². The summed E-state index contributed by atoms with van der Waals surface area (Å²) in [6.45, 7) is 6.65. The molecule has 1 rings (SSSR count). The molecule has 0 aromatic heterocycles. The third-order valence-electron chi connectivity index (χ3n) is 2.98. The first-order valence-electron chi connectivity index (χ1n) is 4.87. The topological polar surface area (TPSA) is 18.5 Å². The van der Waals surface area contributed by atoms with Crippen LogP contribution in [0.5, 0.6) is 0 Å². The molecule has 0 radical (unpaired) electrons. The van der Waals surface area contributed by atoms with Crippen molar-refractivity contribution in [3.05, 3.63) is 0 Å². The quantitative estimate of drug-likeness (QED) is 0.637. The van der Waals surface area contributed by atoms with Crippen LogP contribution in [0.25, 0.3) is 0 Å². The Balaban J connectivity index is 2.52. The molecular formula is C10H20O2. The molecule has 2 heteroatoms. The second kappa shape index (κ2) is 4.24. The fourth-order valence-electron chi connectivity index (χ4n) is 1.80. The van der Waals surface area contributed by atoms with Gasteiger partial charge in [0.1, 0.15) is 0 Å². The van der Waals surface area contributed by atoms with Gasteiger partial charge in [-0.15, -0.1) is 0 Å². The van der Waals surface area contributed by atoms with Crippen molar-refractivity contribution >= 4 is 0 Å². The van der Waals surface area contributed by atoms with E-state index in [2.05, 4.69) is 20.8 Å². The van der Waals surface area contributed by atoms with E-state index >= 15 is 0 Å². The third-order valence-corrected chi connectivity index (χ3v) is 2.98. The monoisotopic (exact) mass is 172 g/mol. The molecule has 0 aromatic rings. The highest BCUT2D eigenvalue weighted by atomic mass is 16.7. The van der Waals surface area contributed by atoms with Crippen LogP contribution in [0, 0.1) is 11.8 Å². The molecular weight excluding hydrogens is 152 g/mol. The van der Waals surface area contributed by atoms with Crippen LogP contribution in [0.2, 0.25) is 0 Å². The zero-order valence-electron chi connectivity index (χ0n) is 8.54. The number of methoxy groups -OCH3 is 1. The molecule has 1 aliphatic heterocycles. The van der Waals surface area contributed by atoms with E-state index in [0.29, 0.717) is 17.9 Å². The maximum atomic E-state index is 5.75. The Morgan fingerprint density at radius 2 is 2.08 bits per heavy atom. The molecule has 0 aliphatic carbocycles. The predicted molar refractivity (Wildman–Crippen MR) is 48.9 cm³/mol. The van der Waals surface area contributed by atoms with Crippen LogP contribution in [-0.2, 0) is 9.47 Å². The van der Waals surface area contributed by atoms with Gasteiger partial charge in [0.15, 0.2) is 6.29 Å². The number of hydrogen-bond donors (Lipinski definition) is 0. The van der Waals surface area contributed by atoms with E-state index in [9.17, 15) is 0 Å². The highest BCUT2D eigenvalue weighted by molar-refractivity contribution is 4.75. The van der Waals surface area contributed by atoms with E-state index in [1.54, 1.807) is 7.11 Å². The average molecular weight is 172 g/mol. The Morgan fingerprint density at radius 1 is 1.42 bits per heavy atom. The minimum absolute atomic E-state index is 0.0127. The summed E-state index contributed by atoms with van der Waals surface area (Å²) in [6, 6.07) is 0. The summed E-state index contributed by atoms with van der Waals surface area (Å²) in [5.74, 6) is 1.24. The van der Waals surface area contributed by atoms with Gasteiger partial charge in [-0.3, -0.25) is 0 Å². The van der Waals surface area contributed by atoms with Crippen molar-refractivity contribution in [1.82, 2.24) is 0 Å². The zero-order chi connectivity index (χ0) is 9.14. The van der Waals surface area contributed by atoms with Gasteiger partial charge in [0, 0.05) is 13.0 Å². The van der Waals surface area contributed by atoms with Gasteiger partial charge >= 0.3 is 0 Å². The van der Waals surface area contributed by atoms with Gasteiger partial charge in [0.25, 0.3) is 0 Å². The second-order valence-electron chi connectivity index (χ2n) is 3.84. The fraction of sp³-hybridized carbons (Fsp3) is 1.00. The first-order chi connectivity index (χ1) is 5.69. The van der Waals surface area contributed by atoms with E-state index in [-0.39, 0.29) is 6.29 Å². The van der Waals surface area contributed by atoms with E-state index in [1.165, 1.54) is 6.42 Å². The van der Waals surface area contributed by atoms with E-state index < -0.39 is 0 Å². The Hall–Kier alpha value is -0.0800. The number of rotatable bonds is 2. The molecule has 2 nitrogen and oxygen atoms in total. The summed E-state index contributed by atoms with van der Waals surface area (Å²) in [5.41, 5.74) is 0. The molecule has 12 heavy (non-hydrogen) atoms. The third kappa shape index (κ3) is 1.99. The van der Waals surface area contributed by atoms with Crippen LogP contribution in [0.15, 0.2) is 0 Å². The summed E-state index contributed by atoms with van der Waals surface area (Å²) in [4.78, 5) is 0. The molecule has 1 fully saturated rings. The summed E-state index contributed by atoms with van der Waals surface area (Å²) in [5, 5.41) is 0. The van der Waals surface area contributed by atoms with Gasteiger partial charge in [-0.25, -0.2) is 0 Å². The van der Waals surface area contributed by atoms with Crippen LogP contribution >= 0.6 is 0 Å². The molecule has 0 bridgehead atoms. The van der Waals surface area contributed by atoms with Crippen molar-refractivity contribution in [3.8, 4) is 0 Å². The maximum Gasteiger partial charge on any atom is 0.160 e. The first-order valence-corrected chi connectivity index (χ1v) is 4.87. The summed E-state index contributed by atoms with van der Waals surface area (Å²) >= 11 is 0. The predicted octanol–water partition coefficient (Wildman–Crippen LogP) is 2.43. The Kier molecular flexibility index (Phi) is 3.53. The van der Waals surface area contributed by atoms with E-state index in [0.717, 1.165) is 6.42 Å².